The molecule has 5 nitrogen and oxygen atoms in total. The number of carbonyl (C=O) groups excluding carboxylic acids is 1. The van der Waals surface area contributed by atoms with Crippen molar-refractivity contribution in [3.05, 3.63) is 10.6 Å². The molecule has 0 aliphatic carbocycles. The van der Waals surface area contributed by atoms with E-state index in [1.165, 1.54) is 11.3 Å². The molecule has 2 heterocycles. The van der Waals surface area contributed by atoms with Crippen molar-refractivity contribution in [2.24, 2.45) is 11.7 Å². The minimum atomic E-state index is -0.493. The number of hydrogen-bond donors (Lipinski definition) is 2. The lowest BCUT2D eigenvalue weighted by Gasteiger charge is -2.13. The number of hydrogen-bond acceptors (Lipinski definition) is 5. The van der Waals surface area contributed by atoms with Crippen LogP contribution in [0, 0.1) is 5.92 Å². The lowest BCUT2D eigenvalue weighted by atomic mass is 10.1. The zero-order chi connectivity index (χ0) is 12.4. The Kier molecular flexibility index (Phi) is 3.76. The summed E-state index contributed by atoms with van der Waals surface area (Å²) in [6.45, 7) is 5.14. The van der Waals surface area contributed by atoms with Crippen LogP contribution in [0.15, 0.2) is 0 Å². The zero-order valence-electron chi connectivity index (χ0n) is 10.0. The molecule has 2 rings (SSSR count). The molecule has 1 aliphatic heterocycles. The number of nitrogens with two attached hydrogens (primary N) is 1. The largest absolute Gasteiger partial charge is 0.375 e. The maximum atomic E-state index is 11.8. The van der Waals surface area contributed by atoms with Crippen LogP contribution in [-0.2, 0) is 22.6 Å². The Labute approximate surface area is 104 Å². The summed E-state index contributed by atoms with van der Waals surface area (Å²) in [5.41, 5.74) is 6.81. The van der Waals surface area contributed by atoms with Crippen molar-refractivity contribution in [2.75, 3.05) is 11.9 Å². The van der Waals surface area contributed by atoms with Crippen LogP contribution in [0.3, 0.4) is 0 Å². The fourth-order valence-corrected chi connectivity index (χ4v) is 2.52. The third-order valence-electron chi connectivity index (χ3n) is 2.75. The molecule has 0 saturated heterocycles. The maximum Gasteiger partial charge on any atom is 0.243 e. The van der Waals surface area contributed by atoms with E-state index in [0.717, 1.165) is 17.0 Å². The smallest absolute Gasteiger partial charge is 0.243 e. The van der Waals surface area contributed by atoms with Crippen molar-refractivity contribution in [3.63, 3.8) is 0 Å². The monoisotopic (exact) mass is 255 g/mol. The van der Waals surface area contributed by atoms with Gasteiger partial charge in [0.05, 0.1) is 29.8 Å². The van der Waals surface area contributed by atoms with Gasteiger partial charge in [-0.3, -0.25) is 4.79 Å². The molecular weight excluding hydrogens is 238 g/mol. The topological polar surface area (TPSA) is 77.2 Å². The SMILES string of the molecule is CC(C)[C@H](N)C(=O)Nc1nc2c(s1)COCC2. The second kappa shape index (κ2) is 5.12. The molecule has 1 atom stereocenters. The first-order chi connectivity index (χ1) is 8.08. The highest BCUT2D eigenvalue weighted by atomic mass is 32.1. The Morgan fingerprint density at radius 3 is 3.00 bits per heavy atom. The molecule has 0 bridgehead atoms. The van der Waals surface area contributed by atoms with Gasteiger partial charge in [0.2, 0.25) is 5.91 Å². The van der Waals surface area contributed by atoms with E-state index in [1.807, 2.05) is 13.8 Å². The standard InChI is InChI=1S/C11H17N3O2S/c1-6(2)9(12)10(15)14-11-13-7-3-4-16-5-8(7)17-11/h6,9H,3-5,12H2,1-2H3,(H,13,14,15)/t9-/m0/s1. The number of aromatic nitrogens is 1. The lowest BCUT2D eigenvalue weighted by molar-refractivity contribution is -0.118. The summed E-state index contributed by atoms with van der Waals surface area (Å²) >= 11 is 1.47. The molecule has 0 radical (unpaired) electrons. The highest BCUT2D eigenvalue weighted by Gasteiger charge is 2.20. The van der Waals surface area contributed by atoms with Crippen LogP contribution in [0.2, 0.25) is 0 Å². The number of nitrogens with one attached hydrogen (secondary N) is 1. The first kappa shape index (κ1) is 12.5. The molecule has 0 unspecified atom stereocenters. The molecule has 0 fully saturated rings. The van der Waals surface area contributed by atoms with Gasteiger partial charge in [0, 0.05) is 6.42 Å². The minimum absolute atomic E-state index is 0.118. The third kappa shape index (κ3) is 2.83. The quantitative estimate of drug-likeness (QED) is 0.849. The summed E-state index contributed by atoms with van der Waals surface area (Å²) in [4.78, 5) is 17.3. The normalized spacial score (nSPS) is 16.7. The number of anilines is 1. The molecule has 1 aliphatic rings. The zero-order valence-corrected chi connectivity index (χ0v) is 10.8. The van der Waals surface area contributed by atoms with E-state index >= 15 is 0 Å². The molecule has 3 N–H and O–H groups in total. The number of ether oxygens (including phenoxy) is 1. The summed E-state index contributed by atoms with van der Waals surface area (Å²) in [6, 6.07) is -0.493. The molecule has 1 aromatic heterocycles. The van der Waals surface area contributed by atoms with Gasteiger partial charge in [-0.15, -0.1) is 0 Å². The summed E-state index contributed by atoms with van der Waals surface area (Å²) in [5, 5.41) is 3.39. The average Bonchev–Trinajstić information content (AvgIpc) is 2.69. The van der Waals surface area contributed by atoms with Crippen molar-refractivity contribution in [1.29, 1.82) is 0 Å². The van der Waals surface area contributed by atoms with Gasteiger partial charge in [0.1, 0.15) is 0 Å². The number of nitrogens with zero attached hydrogens (tertiary/aromatic N) is 1. The van der Waals surface area contributed by atoms with Crippen molar-refractivity contribution in [2.45, 2.75) is 32.9 Å². The van der Waals surface area contributed by atoms with Crippen LogP contribution >= 0.6 is 11.3 Å². The van der Waals surface area contributed by atoms with Gasteiger partial charge in [-0.2, -0.15) is 0 Å². The maximum absolute atomic E-state index is 11.8. The van der Waals surface area contributed by atoms with Crippen LogP contribution in [0.5, 0.6) is 0 Å². The van der Waals surface area contributed by atoms with Crippen molar-refractivity contribution in [3.8, 4) is 0 Å². The Hall–Kier alpha value is -0.980. The van der Waals surface area contributed by atoms with Crippen molar-refractivity contribution < 1.29 is 9.53 Å². The Morgan fingerprint density at radius 2 is 2.35 bits per heavy atom. The molecular formula is C11H17N3O2S. The fourth-order valence-electron chi connectivity index (χ4n) is 1.57. The van der Waals surface area contributed by atoms with Crippen LogP contribution in [0.1, 0.15) is 24.4 Å². The Balaban J connectivity index is 2.04. The molecule has 0 spiro atoms. The van der Waals surface area contributed by atoms with Gasteiger partial charge >= 0.3 is 0 Å². The van der Waals surface area contributed by atoms with E-state index in [4.69, 9.17) is 10.5 Å². The molecule has 94 valence electrons. The molecule has 1 aromatic rings. The molecule has 6 heteroatoms. The number of thiazole rings is 1. The summed E-state index contributed by atoms with van der Waals surface area (Å²) in [6.07, 6.45) is 0.817. The van der Waals surface area contributed by atoms with E-state index in [9.17, 15) is 4.79 Å². The third-order valence-corrected chi connectivity index (χ3v) is 3.73. The average molecular weight is 255 g/mol. The van der Waals surface area contributed by atoms with E-state index in [0.29, 0.717) is 18.3 Å². The van der Waals surface area contributed by atoms with Crippen LogP contribution in [-0.4, -0.2) is 23.5 Å². The minimum Gasteiger partial charge on any atom is -0.375 e. The highest BCUT2D eigenvalue weighted by Crippen LogP contribution is 2.27. The Morgan fingerprint density at radius 1 is 1.59 bits per heavy atom. The molecule has 0 aromatic carbocycles. The van der Waals surface area contributed by atoms with Crippen molar-refractivity contribution in [1.82, 2.24) is 4.98 Å². The van der Waals surface area contributed by atoms with Gasteiger partial charge in [-0.25, -0.2) is 4.98 Å². The van der Waals surface area contributed by atoms with E-state index in [2.05, 4.69) is 10.3 Å². The lowest BCUT2D eigenvalue weighted by Crippen LogP contribution is -2.39. The fraction of sp³-hybridized carbons (Fsp3) is 0.636. The first-order valence-corrected chi connectivity index (χ1v) is 6.52. The van der Waals surface area contributed by atoms with Crippen LogP contribution in [0.4, 0.5) is 5.13 Å². The summed E-state index contributed by atoms with van der Waals surface area (Å²) in [7, 11) is 0. The predicted octanol–water partition coefficient (Wildman–Crippen LogP) is 1.14. The Bertz CT molecular complexity index is 393. The number of rotatable bonds is 3. The first-order valence-electron chi connectivity index (χ1n) is 5.70. The number of amides is 1. The van der Waals surface area contributed by atoms with Crippen LogP contribution < -0.4 is 11.1 Å². The second-order valence-electron chi connectivity index (χ2n) is 4.45. The predicted molar refractivity (Wildman–Crippen MR) is 66.9 cm³/mol. The highest BCUT2D eigenvalue weighted by molar-refractivity contribution is 7.15. The van der Waals surface area contributed by atoms with Crippen LogP contribution in [0.25, 0.3) is 0 Å². The molecule has 1 amide bonds. The van der Waals surface area contributed by atoms with Crippen molar-refractivity contribution >= 4 is 22.4 Å². The number of fused-ring (bicyclic) bond motifs is 1. The van der Waals surface area contributed by atoms with E-state index < -0.39 is 6.04 Å². The molecule has 0 saturated carbocycles. The summed E-state index contributed by atoms with van der Waals surface area (Å²) < 4.78 is 5.33. The second-order valence-corrected chi connectivity index (χ2v) is 5.53. The van der Waals surface area contributed by atoms with E-state index in [-0.39, 0.29) is 11.8 Å². The number of carbonyl (C=O) groups is 1. The van der Waals surface area contributed by atoms with Gasteiger partial charge in [0.25, 0.3) is 0 Å². The van der Waals surface area contributed by atoms with Gasteiger partial charge in [-0.05, 0) is 5.92 Å². The van der Waals surface area contributed by atoms with Gasteiger partial charge in [0.15, 0.2) is 5.13 Å². The molecule has 17 heavy (non-hydrogen) atoms. The summed E-state index contributed by atoms with van der Waals surface area (Å²) in [5.74, 6) is -0.0556. The van der Waals surface area contributed by atoms with Gasteiger partial charge < -0.3 is 15.8 Å². The van der Waals surface area contributed by atoms with Gasteiger partial charge in [-0.1, -0.05) is 25.2 Å². The van der Waals surface area contributed by atoms with E-state index in [1.54, 1.807) is 0 Å².